The fourth-order valence-corrected chi connectivity index (χ4v) is 4.96. The van der Waals surface area contributed by atoms with E-state index in [9.17, 15) is 4.79 Å². The molecule has 0 bridgehead atoms. The van der Waals surface area contributed by atoms with Crippen LogP contribution in [0.15, 0.2) is 16.8 Å². The summed E-state index contributed by atoms with van der Waals surface area (Å²) in [7, 11) is 0. The van der Waals surface area contributed by atoms with Crippen LogP contribution in [0.4, 0.5) is 0 Å². The summed E-state index contributed by atoms with van der Waals surface area (Å²) in [6.45, 7) is 7.50. The lowest BCUT2D eigenvalue weighted by atomic mass is 10.1. The SMILES string of the molecule is CCCCCCCCCCOCCOCCOCCCCCCCCCCCCNC(=O)c1ccsc1. The smallest absolute Gasteiger partial charge is 0.252 e. The first-order valence-electron chi connectivity index (χ1n) is 15.4. The highest BCUT2D eigenvalue weighted by Crippen LogP contribution is 2.11. The van der Waals surface area contributed by atoms with Gasteiger partial charge in [0.15, 0.2) is 0 Å². The molecular weight excluding hydrogens is 482 g/mol. The van der Waals surface area contributed by atoms with Crippen LogP contribution in [0.3, 0.4) is 0 Å². The number of amides is 1. The van der Waals surface area contributed by atoms with Crippen LogP contribution < -0.4 is 5.32 Å². The highest BCUT2D eigenvalue weighted by atomic mass is 32.1. The number of nitrogens with one attached hydrogen (secondary N) is 1. The molecule has 0 unspecified atom stereocenters. The number of hydrogen-bond donors (Lipinski definition) is 1. The van der Waals surface area contributed by atoms with Gasteiger partial charge in [-0.3, -0.25) is 4.79 Å². The van der Waals surface area contributed by atoms with Crippen LogP contribution in [-0.2, 0) is 14.2 Å². The maximum absolute atomic E-state index is 11.8. The molecule has 0 saturated heterocycles. The molecule has 0 aliphatic carbocycles. The predicted molar refractivity (Wildman–Crippen MR) is 158 cm³/mol. The number of thiophene rings is 1. The van der Waals surface area contributed by atoms with Gasteiger partial charge in [-0.15, -0.1) is 0 Å². The van der Waals surface area contributed by atoms with Crippen molar-refractivity contribution in [1.29, 1.82) is 0 Å². The topological polar surface area (TPSA) is 56.8 Å². The fourth-order valence-electron chi connectivity index (χ4n) is 4.32. The summed E-state index contributed by atoms with van der Waals surface area (Å²) >= 11 is 1.56. The van der Waals surface area contributed by atoms with Crippen LogP contribution in [0.1, 0.15) is 133 Å². The van der Waals surface area contributed by atoms with E-state index in [2.05, 4.69) is 12.2 Å². The molecule has 1 aromatic heterocycles. The lowest BCUT2D eigenvalue weighted by molar-refractivity contribution is 0.0132. The molecule has 0 radical (unpaired) electrons. The third-order valence-corrected chi connectivity index (χ3v) is 7.35. The quantitative estimate of drug-likeness (QED) is 0.104. The zero-order valence-electron chi connectivity index (χ0n) is 24.0. The maximum Gasteiger partial charge on any atom is 0.252 e. The molecule has 1 rings (SSSR count). The van der Waals surface area contributed by atoms with Gasteiger partial charge in [0, 0.05) is 30.7 Å². The largest absolute Gasteiger partial charge is 0.379 e. The van der Waals surface area contributed by atoms with E-state index in [1.807, 2.05) is 16.8 Å². The van der Waals surface area contributed by atoms with Crippen LogP contribution in [0.5, 0.6) is 0 Å². The second-order valence-corrected chi connectivity index (χ2v) is 10.9. The molecule has 6 heteroatoms. The molecule has 0 spiro atoms. The first kappa shape index (κ1) is 34.1. The number of carbonyl (C=O) groups is 1. The molecule has 1 aromatic rings. The molecule has 1 amide bonds. The Kier molecular flexibility index (Phi) is 25.9. The third kappa shape index (κ3) is 23.9. The lowest BCUT2D eigenvalue weighted by Crippen LogP contribution is -2.23. The van der Waals surface area contributed by atoms with Gasteiger partial charge in [-0.05, 0) is 30.7 Å². The van der Waals surface area contributed by atoms with Crippen LogP contribution >= 0.6 is 11.3 Å². The van der Waals surface area contributed by atoms with Gasteiger partial charge >= 0.3 is 0 Å². The van der Waals surface area contributed by atoms with Crippen LogP contribution in [0.2, 0.25) is 0 Å². The molecule has 216 valence electrons. The Morgan fingerprint density at radius 2 is 1.05 bits per heavy atom. The van der Waals surface area contributed by atoms with Gasteiger partial charge in [-0.1, -0.05) is 103 Å². The van der Waals surface area contributed by atoms with Gasteiger partial charge in [-0.2, -0.15) is 11.3 Å². The number of hydrogen-bond acceptors (Lipinski definition) is 5. The number of rotatable bonds is 29. The Balaban J connectivity index is 1.64. The van der Waals surface area contributed by atoms with Crippen molar-refractivity contribution in [3.05, 3.63) is 22.4 Å². The normalized spacial score (nSPS) is 11.3. The van der Waals surface area contributed by atoms with Gasteiger partial charge in [-0.25, -0.2) is 0 Å². The summed E-state index contributed by atoms with van der Waals surface area (Å²) in [5.74, 6) is 0.0601. The van der Waals surface area contributed by atoms with Crippen LogP contribution in [-0.4, -0.2) is 52.1 Å². The van der Waals surface area contributed by atoms with E-state index < -0.39 is 0 Å². The molecule has 0 aliphatic rings. The highest BCUT2D eigenvalue weighted by Gasteiger charge is 2.03. The van der Waals surface area contributed by atoms with Crippen molar-refractivity contribution in [3.63, 3.8) is 0 Å². The first-order chi connectivity index (χ1) is 18.3. The van der Waals surface area contributed by atoms with E-state index in [1.165, 1.54) is 103 Å². The standard InChI is InChI=1S/C31H57NO4S/c1-2-3-4-5-6-12-15-18-22-34-24-26-36-27-25-35-23-19-16-13-10-8-7-9-11-14-17-21-32-31(33)30-20-28-37-29-30/h20,28-29H,2-19,21-27H2,1H3,(H,32,33). The molecule has 37 heavy (non-hydrogen) atoms. The molecule has 0 saturated carbocycles. The second kappa shape index (κ2) is 28.1. The highest BCUT2D eigenvalue weighted by molar-refractivity contribution is 7.08. The predicted octanol–water partition coefficient (Wildman–Crippen LogP) is 8.57. The van der Waals surface area contributed by atoms with Crippen molar-refractivity contribution in [2.75, 3.05) is 46.2 Å². The van der Waals surface area contributed by atoms with E-state index in [0.717, 1.165) is 38.2 Å². The molecule has 0 aliphatic heterocycles. The summed E-state index contributed by atoms with van der Waals surface area (Å²) in [6, 6.07) is 1.87. The summed E-state index contributed by atoms with van der Waals surface area (Å²) in [4.78, 5) is 11.8. The van der Waals surface area contributed by atoms with Gasteiger partial charge in [0.2, 0.25) is 0 Å². The fraction of sp³-hybridized carbons (Fsp3) is 0.839. The average Bonchev–Trinajstić information content (AvgIpc) is 3.45. The lowest BCUT2D eigenvalue weighted by Gasteiger charge is -2.07. The van der Waals surface area contributed by atoms with Crippen LogP contribution in [0.25, 0.3) is 0 Å². The molecular formula is C31H57NO4S. The maximum atomic E-state index is 11.8. The zero-order chi connectivity index (χ0) is 26.5. The monoisotopic (exact) mass is 539 g/mol. The van der Waals surface area contributed by atoms with Gasteiger partial charge < -0.3 is 19.5 Å². The molecule has 5 nitrogen and oxygen atoms in total. The number of carbonyl (C=O) groups excluding carboxylic acids is 1. The van der Waals surface area contributed by atoms with Crippen molar-refractivity contribution in [3.8, 4) is 0 Å². The van der Waals surface area contributed by atoms with Crippen molar-refractivity contribution < 1.29 is 19.0 Å². The Hall–Kier alpha value is -0.950. The summed E-state index contributed by atoms with van der Waals surface area (Å²) < 4.78 is 16.9. The van der Waals surface area contributed by atoms with E-state index in [1.54, 1.807) is 11.3 Å². The van der Waals surface area contributed by atoms with Gasteiger partial charge in [0.25, 0.3) is 5.91 Å². The van der Waals surface area contributed by atoms with Crippen molar-refractivity contribution in [1.82, 2.24) is 5.32 Å². The molecule has 1 heterocycles. The number of unbranched alkanes of at least 4 members (excludes halogenated alkanes) is 16. The minimum Gasteiger partial charge on any atom is -0.379 e. The summed E-state index contributed by atoms with van der Waals surface area (Å²) in [5, 5.41) is 6.84. The van der Waals surface area contributed by atoms with E-state index in [4.69, 9.17) is 14.2 Å². The Labute approximate surface area is 232 Å². The van der Waals surface area contributed by atoms with Crippen LogP contribution in [0, 0.1) is 0 Å². The Bertz CT molecular complexity index is 582. The first-order valence-corrected chi connectivity index (χ1v) is 16.3. The third-order valence-electron chi connectivity index (χ3n) is 6.67. The minimum absolute atomic E-state index is 0.0601. The molecule has 1 N–H and O–H groups in total. The zero-order valence-corrected chi connectivity index (χ0v) is 24.8. The van der Waals surface area contributed by atoms with E-state index >= 15 is 0 Å². The Morgan fingerprint density at radius 3 is 1.51 bits per heavy atom. The minimum atomic E-state index is 0.0601. The molecule has 0 fully saturated rings. The van der Waals surface area contributed by atoms with E-state index in [0.29, 0.717) is 26.4 Å². The Morgan fingerprint density at radius 1 is 0.622 bits per heavy atom. The summed E-state index contributed by atoms with van der Waals surface area (Å²) in [6.07, 6.45) is 23.3. The van der Waals surface area contributed by atoms with E-state index in [-0.39, 0.29) is 5.91 Å². The summed E-state index contributed by atoms with van der Waals surface area (Å²) in [5.41, 5.74) is 0.783. The molecule has 0 atom stereocenters. The molecule has 0 aromatic carbocycles. The second-order valence-electron chi connectivity index (χ2n) is 10.1. The number of ether oxygens (including phenoxy) is 3. The van der Waals surface area contributed by atoms with Gasteiger partial charge in [0.05, 0.1) is 26.4 Å². The van der Waals surface area contributed by atoms with Crippen molar-refractivity contribution in [2.24, 2.45) is 0 Å². The van der Waals surface area contributed by atoms with Crippen molar-refractivity contribution in [2.45, 2.75) is 122 Å². The van der Waals surface area contributed by atoms with Crippen molar-refractivity contribution >= 4 is 17.2 Å². The average molecular weight is 540 g/mol. The van der Waals surface area contributed by atoms with Gasteiger partial charge in [0.1, 0.15) is 0 Å².